The summed E-state index contributed by atoms with van der Waals surface area (Å²) in [4.78, 5) is 23.7. The summed E-state index contributed by atoms with van der Waals surface area (Å²) in [5.41, 5.74) is 0.180. The number of hydrogen-bond acceptors (Lipinski definition) is 2. The fourth-order valence-electron chi connectivity index (χ4n) is 1.62. The Kier molecular flexibility index (Phi) is 5.39. The molecule has 0 fully saturated rings. The van der Waals surface area contributed by atoms with Gasteiger partial charge in [-0.2, -0.15) is 0 Å². The van der Waals surface area contributed by atoms with Gasteiger partial charge in [0.1, 0.15) is 5.82 Å². The van der Waals surface area contributed by atoms with Gasteiger partial charge in [-0.15, -0.1) is 0 Å². The molecule has 0 aliphatic heterocycles. The van der Waals surface area contributed by atoms with Gasteiger partial charge in [0, 0.05) is 5.69 Å². The van der Waals surface area contributed by atoms with Gasteiger partial charge >= 0.3 is 6.03 Å². The van der Waals surface area contributed by atoms with Gasteiger partial charge in [0.2, 0.25) is 0 Å². The van der Waals surface area contributed by atoms with Gasteiger partial charge in [0.15, 0.2) is 0 Å². The van der Waals surface area contributed by atoms with Crippen LogP contribution in [0.4, 0.5) is 14.9 Å². The Morgan fingerprint density at radius 1 is 1.09 bits per heavy atom. The van der Waals surface area contributed by atoms with Crippen molar-refractivity contribution in [1.29, 1.82) is 0 Å². The number of nitrogens with one attached hydrogen (secondary N) is 2. The van der Waals surface area contributed by atoms with E-state index in [2.05, 4.69) is 26.6 Å². The first kappa shape index (κ1) is 16.7. The van der Waals surface area contributed by atoms with Crippen LogP contribution in [-0.2, 0) is 0 Å². The number of benzene rings is 2. The van der Waals surface area contributed by atoms with E-state index in [1.54, 1.807) is 6.07 Å². The van der Waals surface area contributed by atoms with Crippen molar-refractivity contribution in [3.8, 4) is 0 Å². The Morgan fingerprint density at radius 3 is 2.32 bits per heavy atom. The highest BCUT2D eigenvalue weighted by atomic mass is 79.9. The number of urea groups is 1. The molecule has 2 aromatic rings. The summed E-state index contributed by atoms with van der Waals surface area (Å²) in [6, 6.07) is 7.71. The van der Waals surface area contributed by atoms with Crippen molar-refractivity contribution in [3.63, 3.8) is 0 Å². The molecule has 2 aromatic carbocycles. The highest BCUT2D eigenvalue weighted by Gasteiger charge is 2.17. The zero-order chi connectivity index (χ0) is 16.3. The topological polar surface area (TPSA) is 58.2 Å². The van der Waals surface area contributed by atoms with E-state index in [1.807, 2.05) is 0 Å². The second-order valence-electron chi connectivity index (χ2n) is 4.13. The number of halogens is 4. The smallest absolute Gasteiger partial charge is 0.308 e. The Labute approximate surface area is 143 Å². The minimum absolute atomic E-state index is 0.0111. The van der Waals surface area contributed by atoms with Gasteiger partial charge in [0.05, 0.1) is 20.1 Å². The second kappa shape index (κ2) is 7.09. The molecule has 0 aliphatic rings. The minimum atomic E-state index is -0.831. The molecule has 0 aliphatic carbocycles. The maximum absolute atomic E-state index is 13.3. The molecular formula is C14H8BrCl2FN2O2. The number of rotatable bonds is 2. The van der Waals surface area contributed by atoms with Gasteiger partial charge in [-0.05, 0) is 46.3 Å². The number of imide groups is 1. The monoisotopic (exact) mass is 404 g/mol. The van der Waals surface area contributed by atoms with E-state index in [0.717, 1.165) is 6.07 Å². The van der Waals surface area contributed by atoms with Gasteiger partial charge in [-0.1, -0.05) is 29.3 Å². The fourth-order valence-corrected chi connectivity index (χ4v) is 2.43. The van der Waals surface area contributed by atoms with Crippen molar-refractivity contribution >= 4 is 56.8 Å². The van der Waals surface area contributed by atoms with E-state index in [1.165, 1.54) is 24.3 Å². The quantitative estimate of drug-likeness (QED) is 0.749. The molecule has 2 rings (SSSR count). The number of anilines is 1. The third kappa shape index (κ3) is 3.97. The SMILES string of the molecule is O=C(NC(=O)c1c(Cl)cccc1Cl)Nc1ccc(Br)c(F)c1. The first-order valence-electron chi connectivity index (χ1n) is 5.90. The molecule has 0 bridgehead atoms. The predicted molar refractivity (Wildman–Crippen MR) is 87.0 cm³/mol. The molecule has 2 N–H and O–H groups in total. The van der Waals surface area contributed by atoms with Gasteiger partial charge in [0.25, 0.3) is 5.91 Å². The number of carbonyl (C=O) groups is 2. The highest BCUT2D eigenvalue weighted by molar-refractivity contribution is 9.10. The average Bonchev–Trinajstić information content (AvgIpc) is 2.42. The van der Waals surface area contributed by atoms with Crippen molar-refractivity contribution in [1.82, 2.24) is 5.32 Å². The van der Waals surface area contributed by atoms with Crippen LogP contribution in [0.25, 0.3) is 0 Å². The molecule has 0 unspecified atom stereocenters. The lowest BCUT2D eigenvalue weighted by atomic mass is 10.2. The molecule has 0 atom stereocenters. The first-order chi connectivity index (χ1) is 10.4. The van der Waals surface area contributed by atoms with Crippen molar-refractivity contribution in [2.75, 3.05) is 5.32 Å². The van der Waals surface area contributed by atoms with Crippen molar-refractivity contribution in [2.45, 2.75) is 0 Å². The van der Waals surface area contributed by atoms with E-state index in [0.29, 0.717) is 0 Å². The van der Waals surface area contributed by atoms with E-state index in [4.69, 9.17) is 23.2 Å². The van der Waals surface area contributed by atoms with Gasteiger partial charge < -0.3 is 5.32 Å². The largest absolute Gasteiger partial charge is 0.326 e. The molecule has 0 saturated carbocycles. The third-order valence-corrected chi connectivity index (χ3v) is 3.87. The molecule has 0 aromatic heterocycles. The molecule has 0 saturated heterocycles. The fraction of sp³-hybridized carbons (Fsp3) is 0. The maximum atomic E-state index is 13.3. The first-order valence-corrected chi connectivity index (χ1v) is 7.45. The summed E-state index contributed by atoms with van der Waals surface area (Å²) in [5, 5.41) is 4.64. The number of amides is 3. The van der Waals surface area contributed by atoms with Crippen molar-refractivity contribution < 1.29 is 14.0 Å². The summed E-state index contributed by atoms with van der Waals surface area (Å²) in [6.45, 7) is 0. The van der Waals surface area contributed by atoms with E-state index in [9.17, 15) is 14.0 Å². The summed E-state index contributed by atoms with van der Waals surface area (Å²) < 4.78 is 13.6. The lowest BCUT2D eigenvalue weighted by Gasteiger charge is -2.09. The van der Waals surface area contributed by atoms with Crippen LogP contribution in [0.2, 0.25) is 10.0 Å². The van der Waals surface area contributed by atoms with E-state index >= 15 is 0 Å². The number of hydrogen-bond donors (Lipinski definition) is 2. The lowest BCUT2D eigenvalue weighted by molar-refractivity contribution is 0.0967. The lowest BCUT2D eigenvalue weighted by Crippen LogP contribution is -2.34. The molecule has 22 heavy (non-hydrogen) atoms. The van der Waals surface area contributed by atoms with Crippen molar-refractivity contribution in [2.24, 2.45) is 0 Å². The van der Waals surface area contributed by atoms with Crippen LogP contribution in [0.1, 0.15) is 10.4 Å². The van der Waals surface area contributed by atoms with Crippen LogP contribution in [0.15, 0.2) is 40.9 Å². The molecule has 0 spiro atoms. The highest BCUT2D eigenvalue weighted by Crippen LogP contribution is 2.24. The summed E-state index contributed by atoms with van der Waals surface area (Å²) in [7, 11) is 0. The Hall–Kier alpha value is -1.63. The summed E-state index contributed by atoms with van der Waals surface area (Å²) >= 11 is 14.7. The molecule has 3 amide bonds. The molecule has 0 radical (unpaired) electrons. The van der Waals surface area contributed by atoms with Crippen molar-refractivity contribution in [3.05, 3.63) is 62.3 Å². The average molecular weight is 406 g/mol. The van der Waals surface area contributed by atoms with Crippen LogP contribution in [0.5, 0.6) is 0 Å². The Balaban J connectivity index is 2.08. The van der Waals surface area contributed by atoms with Crippen LogP contribution in [0, 0.1) is 5.82 Å². The molecule has 8 heteroatoms. The second-order valence-corrected chi connectivity index (χ2v) is 5.80. The van der Waals surface area contributed by atoms with E-state index in [-0.39, 0.29) is 25.8 Å². The van der Waals surface area contributed by atoms with Gasteiger partial charge in [-0.3, -0.25) is 10.1 Å². The predicted octanol–water partition coefficient (Wildman–Crippen LogP) is 4.86. The molecule has 0 heterocycles. The third-order valence-electron chi connectivity index (χ3n) is 2.59. The summed E-state index contributed by atoms with van der Waals surface area (Å²) in [6.07, 6.45) is 0. The van der Waals surface area contributed by atoms with Crippen LogP contribution in [0.3, 0.4) is 0 Å². The van der Waals surface area contributed by atoms with E-state index < -0.39 is 17.8 Å². The summed E-state index contributed by atoms with van der Waals surface area (Å²) in [5.74, 6) is -1.30. The minimum Gasteiger partial charge on any atom is -0.308 e. The maximum Gasteiger partial charge on any atom is 0.326 e. The van der Waals surface area contributed by atoms with Gasteiger partial charge in [-0.25, -0.2) is 9.18 Å². The Morgan fingerprint density at radius 2 is 1.73 bits per heavy atom. The number of carbonyl (C=O) groups excluding carboxylic acids is 2. The zero-order valence-electron chi connectivity index (χ0n) is 10.8. The molecular weight excluding hydrogens is 398 g/mol. The Bertz CT molecular complexity index is 735. The zero-order valence-corrected chi connectivity index (χ0v) is 13.9. The standard InChI is InChI=1S/C14H8BrCl2FN2O2/c15-8-5-4-7(6-11(8)18)19-14(22)20-13(21)12-9(16)2-1-3-10(12)17/h1-6H,(H2,19,20,21,22). The van der Waals surface area contributed by atoms with Crippen LogP contribution in [-0.4, -0.2) is 11.9 Å². The van der Waals surface area contributed by atoms with Crippen LogP contribution >= 0.6 is 39.1 Å². The van der Waals surface area contributed by atoms with Crippen LogP contribution < -0.4 is 10.6 Å². The molecule has 4 nitrogen and oxygen atoms in total. The normalized spacial score (nSPS) is 10.2. The molecule has 114 valence electrons.